The van der Waals surface area contributed by atoms with E-state index in [1.807, 2.05) is 6.20 Å². The second-order valence-electron chi connectivity index (χ2n) is 10.2. The third kappa shape index (κ3) is 5.30. The summed E-state index contributed by atoms with van der Waals surface area (Å²) in [6.45, 7) is 4.67. The highest BCUT2D eigenvalue weighted by molar-refractivity contribution is 5.73. The van der Waals surface area contributed by atoms with Crippen LogP contribution in [0.3, 0.4) is 0 Å². The van der Waals surface area contributed by atoms with Crippen molar-refractivity contribution in [1.29, 1.82) is 0 Å². The van der Waals surface area contributed by atoms with Gasteiger partial charge in [0.05, 0.1) is 5.69 Å². The molecule has 172 valence electrons. The highest BCUT2D eigenvalue weighted by atomic mass is 14.7. The first-order chi connectivity index (χ1) is 16.7. The van der Waals surface area contributed by atoms with Crippen molar-refractivity contribution >= 4 is 0 Å². The first kappa shape index (κ1) is 22.6. The Balaban J connectivity index is 1.51. The van der Waals surface area contributed by atoms with Crippen molar-refractivity contribution in [2.24, 2.45) is 5.92 Å². The van der Waals surface area contributed by atoms with E-state index in [2.05, 4.69) is 97.7 Å². The number of aromatic nitrogens is 1. The van der Waals surface area contributed by atoms with E-state index in [0.29, 0.717) is 5.92 Å². The molecule has 34 heavy (non-hydrogen) atoms. The van der Waals surface area contributed by atoms with Gasteiger partial charge in [0.15, 0.2) is 0 Å². The molecule has 1 heterocycles. The maximum absolute atomic E-state index is 4.67. The molecule has 0 saturated carbocycles. The molecule has 4 bridgehead atoms. The highest BCUT2D eigenvalue weighted by Crippen LogP contribution is 2.30. The van der Waals surface area contributed by atoms with Crippen LogP contribution in [0.1, 0.15) is 54.5 Å². The lowest BCUT2D eigenvalue weighted by Gasteiger charge is -2.17. The fraction of sp³-hybridized carbons (Fsp3) is 0.303. The van der Waals surface area contributed by atoms with Crippen LogP contribution >= 0.6 is 0 Å². The van der Waals surface area contributed by atoms with E-state index in [-0.39, 0.29) is 0 Å². The van der Waals surface area contributed by atoms with Crippen molar-refractivity contribution in [1.82, 2.24) is 4.98 Å². The van der Waals surface area contributed by atoms with Crippen LogP contribution in [-0.2, 0) is 32.1 Å². The lowest BCUT2D eigenvalue weighted by atomic mass is 9.88. The van der Waals surface area contributed by atoms with Crippen molar-refractivity contribution in [3.05, 3.63) is 113 Å². The van der Waals surface area contributed by atoms with Crippen molar-refractivity contribution in [3.63, 3.8) is 0 Å². The van der Waals surface area contributed by atoms with Crippen LogP contribution in [0.15, 0.2) is 85.1 Å². The molecule has 0 spiro atoms. The Bertz CT molecular complexity index is 1250. The van der Waals surface area contributed by atoms with Gasteiger partial charge in [0.25, 0.3) is 0 Å². The summed E-state index contributed by atoms with van der Waals surface area (Å²) >= 11 is 0. The Morgan fingerprint density at radius 2 is 1.44 bits per heavy atom. The van der Waals surface area contributed by atoms with Gasteiger partial charge >= 0.3 is 0 Å². The Morgan fingerprint density at radius 3 is 2.26 bits per heavy atom. The van der Waals surface area contributed by atoms with Crippen LogP contribution in [0.4, 0.5) is 0 Å². The molecular weight excluding hydrogens is 410 g/mol. The van der Waals surface area contributed by atoms with E-state index in [4.69, 9.17) is 0 Å². The minimum atomic E-state index is 0.691. The Labute approximate surface area is 204 Å². The van der Waals surface area contributed by atoms with Gasteiger partial charge in [-0.15, -0.1) is 0 Å². The summed E-state index contributed by atoms with van der Waals surface area (Å²) in [5.41, 5.74) is 12.3. The predicted octanol–water partition coefficient (Wildman–Crippen LogP) is 8.28. The topological polar surface area (TPSA) is 12.9 Å². The van der Waals surface area contributed by atoms with E-state index < -0.39 is 0 Å². The summed E-state index contributed by atoms with van der Waals surface area (Å²) in [6, 6.07) is 29.4. The van der Waals surface area contributed by atoms with Crippen molar-refractivity contribution in [2.45, 2.75) is 58.8 Å². The van der Waals surface area contributed by atoms with Gasteiger partial charge in [0.1, 0.15) is 0 Å². The zero-order valence-corrected chi connectivity index (χ0v) is 20.6. The molecule has 4 aliphatic rings. The van der Waals surface area contributed by atoms with Crippen LogP contribution in [0.2, 0.25) is 0 Å². The molecule has 0 unspecified atom stereocenters. The van der Waals surface area contributed by atoms with Gasteiger partial charge in [0, 0.05) is 11.8 Å². The first-order valence-electron chi connectivity index (χ1n) is 12.9. The van der Waals surface area contributed by atoms with Crippen LogP contribution in [0, 0.1) is 5.92 Å². The van der Waals surface area contributed by atoms with E-state index in [1.54, 1.807) is 11.1 Å². The van der Waals surface area contributed by atoms with E-state index in [0.717, 1.165) is 25.0 Å². The number of benzene rings is 3. The summed E-state index contributed by atoms with van der Waals surface area (Å²) < 4.78 is 0. The normalized spacial score (nSPS) is 13.9. The SMILES string of the molecule is CC(C)Cc1cc2ccc1CCCCc1ccc(c(-c3ccnc(-c4ccccc4)c3)c1)CC2. The van der Waals surface area contributed by atoms with Crippen LogP contribution in [-0.4, -0.2) is 4.98 Å². The molecule has 0 atom stereocenters. The largest absolute Gasteiger partial charge is 0.256 e. The molecule has 4 aromatic rings. The second kappa shape index (κ2) is 10.4. The molecule has 1 heteroatoms. The predicted molar refractivity (Wildman–Crippen MR) is 144 cm³/mol. The summed E-state index contributed by atoms with van der Waals surface area (Å²) in [6.07, 6.45) is 10.1. The highest BCUT2D eigenvalue weighted by Gasteiger charge is 2.12. The van der Waals surface area contributed by atoms with E-state index >= 15 is 0 Å². The van der Waals surface area contributed by atoms with Crippen LogP contribution < -0.4 is 0 Å². The van der Waals surface area contributed by atoms with Gasteiger partial charge in [-0.3, -0.25) is 4.98 Å². The summed E-state index contributed by atoms with van der Waals surface area (Å²) in [7, 11) is 0. The van der Waals surface area contributed by atoms with E-state index in [1.165, 1.54) is 59.1 Å². The average Bonchev–Trinajstić information content (AvgIpc) is 2.87. The minimum absolute atomic E-state index is 0.691. The number of aryl methyl sites for hydroxylation is 4. The standard InChI is InChI=1S/C33H35N/c1-24(2)20-31-21-26-12-15-27(31)9-7-6-8-25-13-16-28(17-14-26)32(22-25)30-18-19-34-33(23-30)29-10-4-3-5-11-29/h3-5,10-13,15-16,18-19,21-24H,6-9,14,17,20H2,1-2H3. The Morgan fingerprint density at radius 1 is 0.676 bits per heavy atom. The van der Waals surface area contributed by atoms with Gasteiger partial charge in [-0.25, -0.2) is 0 Å². The molecule has 1 aromatic heterocycles. The third-order valence-electron chi connectivity index (χ3n) is 7.06. The second-order valence-corrected chi connectivity index (χ2v) is 10.2. The number of nitrogens with zero attached hydrogens (tertiary/aromatic N) is 1. The van der Waals surface area contributed by atoms with E-state index in [9.17, 15) is 0 Å². The van der Waals surface area contributed by atoms with Gasteiger partial charge in [-0.2, -0.15) is 0 Å². The third-order valence-corrected chi connectivity index (χ3v) is 7.06. The first-order valence-corrected chi connectivity index (χ1v) is 12.9. The van der Waals surface area contributed by atoms with Gasteiger partial charge in [-0.1, -0.05) is 80.6 Å². The molecule has 0 N–H and O–H groups in total. The van der Waals surface area contributed by atoms with Crippen molar-refractivity contribution in [2.75, 3.05) is 0 Å². The number of rotatable bonds is 4. The molecule has 0 radical (unpaired) electrons. The molecule has 0 aliphatic heterocycles. The minimum Gasteiger partial charge on any atom is -0.256 e. The zero-order valence-electron chi connectivity index (χ0n) is 20.6. The van der Waals surface area contributed by atoms with Gasteiger partial charge in [0.2, 0.25) is 0 Å². The molecule has 1 nitrogen and oxygen atoms in total. The van der Waals surface area contributed by atoms with Crippen molar-refractivity contribution < 1.29 is 0 Å². The summed E-state index contributed by atoms with van der Waals surface area (Å²) in [4.78, 5) is 4.67. The zero-order chi connectivity index (χ0) is 23.3. The smallest absolute Gasteiger partial charge is 0.0708 e. The average molecular weight is 446 g/mol. The molecule has 0 fully saturated rings. The Kier molecular flexibility index (Phi) is 6.90. The molecular formula is C33H35N. The monoisotopic (exact) mass is 445 g/mol. The number of pyridine rings is 1. The Hall–Kier alpha value is -3.19. The lowest BCUT2D eigenvalue weighted by molar-refractivity contribution is 0.637. The molecule has 0 saturated heterocycles. The molecule has 3 aromatic carbocycles. The van der Waals surface area contributed by atoms with Crippen LogP contribution in [0.25, 0.3) is 22.4 Å². The maximum atomic E-state index is 4.67. The van der Waals surface area contributed by atoms with Crippen LogP contribution in [0.5, 0.6) is 0 Å². The molecule has 4 aliphatic carbocycles. The van der Waals surface area contributed by atoms with Crippen molar-refractivity contribution in [3.8, 4) is 22.4 Å². The quantitative estimate of drug-likeness (QED) is 0.308. The molecule has 0 amide bonds. The fourth-order valence-electron chi connectivity index (χ4n) is 5.26. The summed E-state index contributed by atoms with van der Waals surface area (Å²) in [5.74, 6) is 0.691. The number of hydrogen-bond acceptors (Lipinski definition) is 1. The fourth-order valence-corrected chi connectivity index (χ4v) is 5.26. The lowest BCUT2D eigenvalue weighted by Crippen LogP contribution is -2.04. The van der Waals surface area contributed by atoms with Gasteiger partial charge < -0.3 is 0 Å². The molecule has 8 rings (SSSR count). The van der Waals surface area contributed by atoms with Gasteiger partial charge in [-0.05, 0) is 102 Å². The maximum Gasteiger partial charge on any atom is 0.0708 e. The summed E-state index contributed by atoms with van der Waals surface area (Å²) in [5, 5.41) is 0. The number of hydrogen-bond donors (Lipinski definition) is 0.